The van der Waals surface area contributed by atoms with E-state index in [1.54, 1.807) is 0 Å². The summed E-state index contributed by atoms with van der Waals surface area (Å²) in [4.78, 5) is 27.6. The Balaban J connectivity index is 1.37. The zero-order valence-corrected chi connectivity index (χ0v) is 20.7. The van der Waals surface area contributed by atoms with Crippen LogP contribution in [-0.4, -0.2) is 72.5 Å². The molecule has 1 aromatic carbocycles. The van der Waals surface area contributed by atoms with Crippen LogP contribution in [0.15, 0.2) is 18.2 Å². The third-order valence-corrected chi connectivity index (χ3v) is 8.99. The number of piperidine rings is 1. The van der Waals surface area contributed by atoms with E-state index in [0.717, 1.165) is 6.07 Å². The lowest BCUT2D eigenvalue weighted by molar-refractivity contribution is -0.142. The third-order valence-electron chi connectivity index (χ3n) is 7.06. The Morgan fingerprint density at radius 1 is 1.08 bits per heavy atom. The van der Waals surface area contributed by atoms with Crippen LogP contribution in [0.1, 0.15) is 36.8 Å². The Bertz CT molecular complexity index is 1200. The van der Waals surface area contributed by atoms with Crippen molar-refractivity contribution in [2.75, 3.05) is 32.7 Å². The summed E-state index contributed by atoms with van der Waals surface area (Å²) in [6.07, 6.45) is -3.01. The van der Waals surface area contributed by atoms with Crippen LogP contribution in [0.4, 0.5) is 17.6 Å². The highest BCUT2D eigenvalue weighted by Crippen LogP contribution is 2.32. The number of carbonyl (C=O) groups excluding carboxylic acids is 2. The van der Waals surface area contributed by atoms with Gasteiger partial charge in [0.15, 0.2) is 0 Å². The number of nitriles is 1. The molecular weight excluding hydrogens is 518 g/mol. The molecule has 0 aliphatic carbocycles. The van der Waals surface area contributed by atoms with Gasteiger partial charge in [-0.2, -0.15) is 35.5 Å². The van der Waals surface area contributed by atoms with Crippen LogP contribution in [0.25, 0.3) is 0 Å². The lowest BCUT2D eigenvalue weighted by Gasteiger charge is -2.41. The number of nitrogens with one attached hydrogen (secondary N) is 1. The predicted octanol–water partition coefficient (Wildman–Crippen LogP) is 1.86. The summed E-state index contributed by atoms with van der Waals surface area (Å²) < 4.78 is 80.6. The van der Waals surface area contributed by atoms with Gasteiger partial charge in [0.2, 0.25) is 11.8 Å². The maximum atomic E-state index is 13.5. The number of carbonyl (C=O) groups is 2. The predicted molar refractivity (Wildman–Crippen MR) is 122 cm³/mol. The molecule has 0 saturated carbocycles. The van der Waals surface area contributed by atoms with Crippen molar-refractivity contribution in [3.63, 3.8) is 0 Å². The maximum absolute atomic E-state index is 13.5. The Hall–Kier alpha value is -2.76. The number of nitrogens with zero attached hydrogens (tertiary/aromatic N) is 4. The van der Waals surface area contributed by atoms with Gasteiger partial charge in [0.1, 0.15) is 11.9 Å². The van der Waals surface area contributed by atoms with E-state index in [2.05, 4.69) is 5.32 Å². The fourth-order valence-corrected chi connectivity index (χ4v) is 6.76. The molecule has 0 bridgehead atoms. The standard InChI is InChI=1S/C23H27F4N5O4S/c24-19-6-5-15(9-18(19)23(25,26)27)11-29-21(33)20-4-2-8-32(20)22(34)17-3-1-7-30(14-17)37(35,36)31-12-16(10-28)13-31/h5-6,9,16-17,20H,1-4,7-8,11-14H2,(H,29,33)/t17-,20+/m0/s1. The minimum absolute atomic E-state index is 0.0183. The van der Waals surface area contributed by atoms with Crippen molar-refractivity contribution in [3.8, 4) is 6.07 Å². The minimum Gasteiger partial charge on any atom is -0.350 e. The lowest BCUT2D eigenvalue weighted by Crippen LogP contribution is -2.57. The SMILES string of the molecule is N#CC1CN(S(=O)(=O)N2CCC[C@H](C(=O)N3CCC[C@@H]3C(=O)NCc3ccc(F)c(C(F)(F)F)c3)C2)C1. The average molecular weight is 546 g/mol. The van der Waals surface area contributed by atoms with E-state index in [4.69, 9.17) is 5.26 Å². The molecule has 1 aromatic rings. The molecule has 0 unspecified atom stereocenters. The highest BCUT2D eigenvalue weighted by Gasteiger charge is 2.44. The van der Waals surface area contributed by atoms with Crippen molar-refractivity contribution >= 4 is 22.0 Å². The minimum atomic E-state index is -4.87. The van der Waals surface area contributed by atoms with Gasteiger partial charge >= 0.3 is 6.18 Å². The van der Waals surface area contributed by atoms with E-state index in [1.807, 2.05) is 6.07 Å². The first kappa shape index (κ1) is 27.3. The summed E-state index contributed by atoms with van der Waals surface area (Å²) in [6.45, 7) is 0.541. The fraction of sp³-hybridized carbons (Fsp3) is 0.609. The summed E-state index contributed by atoms with van der Waals surface area (Å²) >= 11 is 0. The van der Waals surface area contributed by atoms with Crippen molar-refractivity contribution < 1.29 is 35.6 Å². The van der Waals surface area contributed by atoms with E-state index < -0.39 is 45.6 Å². The molecule has 9 nitrogen and oxygen atoms in total. The summed E-state index contributed by atoms with van der Waals surface area (Å²) in [5.74, 6) is -3.24. The second-order valence-electron chi connectivity index (χ2n) is 9.57. The van der Waals surface area contributed by atoms with Crippen molar-refractivity contribution in [3.05, 3.63) is 35.1 Å². The highest BCUT2D eigenvalue weighted by atomic mass is 32.2. The molecule has 4 rings (SSSR count). The molecule has 2 atom stereocenters. The van der Waals surface area contributed by atoms with Crippen LogP contribution < -0.4 is 5.32 Å². The summed E-state index contributed by atoms with van der Waals surface area (Å²) in [7, 11) is -3.79. The van der Waals surface area contributed by atoms with Crippen molar-refractivity contribution in [1.82, 2.24) is 18.8 Å². The summed E-state index contributed by atoms with van der Waals surface area (Å²) in [5, 5.41) is 11.5. The number of hydrogen-bond donors (Lipinski definition) is 1. The van der Waals surface area contributed by atoms with Gasteiger partial charge < -0.3 is 10.2 Å². The first-order valence-electron chi connectivity index (χ1n) is 12.0. The van der Waals surface area contributed by atoms with Gasteiger partial charge in [-0.05, 0) is 43.4 Å². The number of alkyl halides is 3. The number of halogens is 4. The Labute approximate surface area is 212 Å². The van der Waals surface area contributed by atoms with Crippen LogP contribution in [0.2, 0.25) is 0 Å². The molecule has 0 spiro atoms. The molecule has 0 aromatic heterocycles. The van der Waals surface area contributed by atoms with E-state index >= 15 is 0 Å². The molecule has 202 valence electrons. The van der Waals surface area contributed by atoms with Crippen molar-refractivity contribution in [1.29, 1.82) is 5.26 Å². The number of amides is 2. The van der Waals surface area contributed by atoms with Gasteiger partial charge in [0.25, 0.3) is 10.2 Å². The first-order valence-corrected chi connectivity index (χ1v) is 13.4. The number of rotatable bonds is 6. The molecule has 2 amide bonds. The molecule has 3 aliphatic rings. The molecule has 14 heteroatoms. The second-order valence-corrected chi connectivity index (χ2v) is 11.5. The maximum Gasteiger partial charge on any atom is 0.419 e. The molecule has 0 radical (unpaired) electrons. The molecule has 3 heterocycles. The zero-order chi connectivity index (χ0) is 27.0. The largest absolute Gasteiger partial charge is 0.419 e. The Morgan fingerprint density at radius 2 is 1.78 bits per heavy atom. The smallest absolute Gasteiger partial charge is 0.350 e. The molecular formula is C23H27F4N5O4S. The second kappa shape index (κ2) is 10.5. The topological polar surface area (TPSA) is 114 Å². The van der Waals surface area contributed by atoms with Gasteiger partial charge in [-0.15, -0.1) is 0 Å². The number of likely N-dealkylation sites (tertiary alicyclic amines) is 1. The van der Waals surface area contributed by atoms with Gasteiger partial charge in [-0.25, -0.2) is 4.39 Å². The number of hydrogen-bond acceptors (Lipinski definition) is 5. The van der Waals surface area contributed by atoms with Gasteiger partial charge in [0.05, 0.1) is 23.5 Å². The average Bonchev–Trinajstić information content (AvgIpc) is 3.31. The lowest BCUT2D eigenvalue weighted by atomic mass is 9.97. The summed E-state index contributed by atoms with van der Waals surface area (Å²) in [6, 6.07) is 3.69. The van der Waals surface area contributed by atoms with Gasteiger partial charge in [0, 0.05) is 39.3 Å². The van der Waals surface area contributed by atoms with Crippen LogP contribution in [0.5, 0.6) is 0 Å². The first-order chi connectivity index (χ1) is 17.4. The van der Waals surface area contributed by atoms with Crippen LogP contribution in [0.3, 0.4) is 0 Å². The van der Waals surface area contributed by atoms with Gasteiger partial charge in [-0.3, -0.25) is 9.59 Å². The molecule has 1 N–H and O–H groups in total. The normalized spacial score (nSPS) is 23.9. The Morgan fingerprint density at radius 3 is 2.46 bits per heavy atom. The van der Waals surface area contributed by atoms with Gasteiger partial charge in [-0.1, -0.05) is 6.07 Å². The Kier molecular flexibility index (Phi) is 7.77. The van der Waals surface area contributed by atoms with Crippen LogP contribution >= 0.6 is 0 Å². The third kappa shape index (κ3) is 5.73. The van der Waals surface area contributed by atoms with Crippen LogP contribution in [-0.2, 0) is 32.5 Å². The highest BCUT2D eigenvalue weighted by molar-refractivity contribution is 7.86. The molecule has 3 saturated heterocycles. The van der Waals surface area contributed by atoms with E-state index in [1.165, 1.54) is 13.5 Å². The van der Waals surface area contributed by atoms with E-state index in [-0.39, 0.29) is 50.1 Å². The number of benzene rings is 1. The van der Waals surface area contributed by atoms with E-state index in [9.17, 15) is 35.6 Å². The fourth-order valence-electron chi connectivity index (χ4n) is 4.97. The van der Waals surface area contributed by atoms with E-state index in [0.29, 0.717) is 44.4 Å². The van der Waals surface area contributed by atoms with Crippen LogP contribution in [0, 0.1) is 29.0 Å². The molecule has 3 fully saturated rings. The summed E-state index contributed by atoms with van der Waals surface area (Å²) in [5.41, 5.74) is -1.36. The monoisotopic (exact) mass is 545 g/mol. The zero-order valence-electron chi connectivity index (χ0n) is 19.9. The molecule has 3 aliphatic heterocycles. The quantitative estimate of drug-likeness (QED) is 0.549. The van der Waals surface area contributed by atoms with Crippen molar-refractivity contribution in [2.24, 2.45) is 11.8 Å². The van der Waals surface area contributed by atoms with Crippen molar-refractivity contribution in [2.45, 2.75) is 44.4 Å². The molecule has 37 heavy (non-hydrogen) atoms.